The molecule has 18 nitrogen and oxygen atoms in total. The fraction of sp³-hybridized carbons (Fsp3) is 0.860. The number of ether oxygens (including phenoxy) is 4. The number of hydrogen-bond acceptors (Lipinski definition) is 12. The van der Waals surface area contributed by atoms with Crippen LogP contribution in [0, 0.1) is 0 Å². The quantitative estimate of drug-likeness (QED) is 0.0248. The van der Waals surface area contributed by atoms with Crippen LogP contribution in [0.1, 0.15) is 190 Å². The van der Waals surface area contributed by atoms with Crippen molar-refractivity contribution in [2.45, 2.75) is 202 Å². The first-order chi connectivity index (χ1) is 33.0. The first-order valence-electron chi connectivity index (χ1n) is 25.7. The molecule has 0 saturated heterocycles. The minimum atomic E-state index is -1.19. The molecule has 0 aliphatic carbocycles. The third kappa shape index (κ3) is 79.9. The fourth-order valence-corrected chi connectivity index (χ4v) is 5.50. The largest absolute Gasteiger partial charge is 0.668 e. The summed E-state index contributed by atoms with van der Waals surface area (Å²) < 4.78 is 20.4. The van der Waals surface area contributed by atoms with E-state index < -0.39 is 24.0 Å². The van der Waals surface area contributed by atoms with E-state index in [2.05, 4.69) is 28.2 Å². The van der Waals surface area contributed by atoms with Gasteiger partial charge in [-0.25, -0.2) is 4.79 Å². The molecule has 2 atom stereocenters. The number of unbranched alkanes of at least 4 members (excludes halogenated alkanes) is 15. The summed E-state index contributed by atoms with van der Waals surface area (Å²) in [7, 11) is 1.86. The molecular weight excluding hydrogens is 967 g/mol. The molecule has 69 heavy (non-hydrogen) atoms. The summed E-state index contributed by atoms with van der Waals surface area (Å²) in [4.78, 5) is 74.8. The molecule has 409 valence electrons. The van der Waals surface area contributed by atoms with Crippen molar-refractivity contribution in [3.8, 4) is 0 Å². The zero-order valence-corrected chi connectivity index (χ0v) is 47.7. The summed E-state index contributed by atoms with van der Waals surface area (Å²) in [6.45, 7) is 19.8. The van der Waals surface area contributed by atoms with Gasteiger partial charge in [0, 0.05) is 65.2 Å². The van der Waals surface area contributed by atoms with Gasteiger partial charge in [-0.05, 0) is 33.2 Å². The van der Waals surface area contributed by atoms with E-state index in [1.54, 1.807) is 0 Å². The van der Waals surface area contributed by atoms with Crippen LogP contribution in [0.15, 0.2) is 0 Å². The number of hydrogen-bond donors (Lipinski definition) is 6. The zero-order chi connectivity index (χ0) is 52.7. The molecule has 0 aliphatic rings. The Balaban J connectivity index is -0.000000157. The van der Waals surface area contributed by atoms with Gasteiger partial charge in [0.05, 0.1) is 39.6 Å². The van der Waals surface area contributed by atoms with Crippen molar-refractivity contribution in [3.63, 3.8) is 0 Å². The molecule has 0 bridgehead atoms. The summed E-state index contributed by atoms with van der Waals surface area (Å²) in [5, 5.41) is 27.6. The first kappa shape index (κ1) is 80.6. The molecular formula is C50H102N5O13Y-. The number of aliphatic carboxylic acids is 2. The number of likely N-dealkylation sites (N-methyl/N-ethyl adjacent to an activating group) is 1. The summed E-state index contributed by atoms with van der Waals surface area (Å²) in [6.07, 6.45) is 23.2. The smallest absolute Gasteiger partial charge is 0.326 e. The minimum Gasteiger partial charge on any atom is -0.668 e. The second-order valence-corrected chi connectivity index (χ2v) is 14.8. The fourth-order valence-electron chi connectivity index (χ4n) is 5.50. The maximum absolute atomic E-state index is 11.4. The van der Waals surface area contributed by atoms with Crippen LogP contribution >= 0.6 is 0 Å². The van der Waals surface area contributed by atoms with Crippen LogP contribution in [0.4, 0.5) is 0 Å². The predicted molar refractivity (Wildman–Crippen MR) is 273 cm³/mol. The van der Waals surface area contributed by atoms with Crippen LogP contribution in [0.25, 0.3) is 5.73 Å². The number of rotatable bonds is 44. The van der Waals surface area contributed by atoms with Gasteiger partial charge in [-0.2, -0.15) is 0 Å². The normalized spacial score (nSPS) is 10.6. The standard InChI is InChI=1S/C18H36O2.C14H28N3O4.C12H20N2O7.3C2H6.Y/c1-2-3-4-5-6-7-8-9-10-11-12-13-14-15-16-17-18(19)20;1-12(18)13(15)5-3-4-6-17-14(19)11-21-10-9-20-8-7-16-2;15-4-6-21-8-7-20-5-3-13-11(17)2-1-10(12(18)19)14-9-16;3*1-2;/h2-17H2,1H3,(H,19,20);13,15-16H,3-11H2,1-2H3,(H,17,19);4,9-10H,1-3,5-8H2,(H,13,17)(H,14,16)(H,18,19);3*1-2H3;/q;-1;;;;;. The molecule has 0 rings (SSSR count). The summed E-state index contributed by atoms with van der Waals surface area (Å²) in [5.41, 5.74) is 7.45. The van der Waals surface area contributed by atoms with Gasteiger partial charge in [-0.1, -0.05) is 157 Å². The third-order valence-corrected chi connectivity index (χ3v) is 9.18. The Kier molecular flexibility index (Phi) is 87.1. The average Bonchev–Trinajstić information content (AvgIpc) is 3.34. The zero-order valence-electron chi connectivity index (χ0n) is 44.9. The Morgan fingerprint density at radius 2 is 1.03 bits per heavy atom. The summed E-state index contributed by atoms with van der Waals surface area (Å²) >= 11 is 0. The van der Waals surface area contributed by atoms with E-state index in [1.165, 1.54) is 90.4 Å². The van der Waals surface area contributed by atoms with Gasteiger partial charge in [-0.3, -0.25) is 19.2 Å². The molecule has 0 fully saturated rings. The van der Waals surface area contributed by atoms with Crippen molar-refractivity contribution in [2.75, 3.05) is 79.5 Å². The number of nitrogens with one attached hydrogen (secondary N) is 5. The molecule has 0 saturated carbocycles. The molecule has 0 aromatic carbocycles. The topological polar surface area (TPSA) is 269 Å². The third-order valence-electron chi connectivity index (χ3n) is 9.18. The number of Topliss-reactive ketones (excluding diaryl/α,β-unsaturated/α-hetero) is 1. The molecule has 0 spiro atoms. The monoisotopic (exact) mass is 1070 g/mol. The average molecular weight is 1070 g/mol. The Hall–Kier alpha value is -2.45. The minimum absolute atomic E-state index is 0. The van der Waals surface area contributed by atoms with Gasteiger partial charge in [0.25, 0.3) is 0 Å². The van der Waals surface area contributed by atoms with Crippen molar-refractivity contribution >= 4 is 42.2 Å². The number of carbonyl (C=O) groups excluding carboxylic acids is 5. The van der Waals surface area contributed by atoms with Gasteiger partial charge >= 0.3 is 11.9 Å². The number of aldehydes is 1. The summed E-state index contributed by atoms with van der Waals surface area (Å²) in [6, 6.07) is -1.70. The maximum Gasteiger partial charge on any atom is 0.326 e. The van der Waals surface area contributed by atoms with E-state index in [0.717, 1.165) is 32.2 Å². The van der Waals surface area contributed by atoms with Gasteiger partial charge in [0.1, 0.15) is 31.3 Å². The van der Waals surface area contributed by atoms with Gasteiger partial charge in [-0.15, -0.1) is 0 Å². The molecule has 0 aromatic rings. The SMILES string of the molecule is CC.CC.CC.CCCCCCCCCCCCCCCCCC(=O)O.CNCCOCCOCC(=O)NCCCCC([NH-])C(C)=O.O=CCOCCOCCNC(=O)CCC(NC=O)C(=O)O.[Y]. The van der Waals surface area contributed by atoms with Crippen molar-refractivity contribution in [1.82, 2.24) is 21.3 Å². The van der Waals surface area contributed by atoms with E-state index in [9.17, 15) is 33.6 Å². The number of carboxylic acid groups (broad SMARTS) is 2. The summed E-state index contributed by atoms with van der Waals surface area (Å²) in [5.74, 6) is -2.42. The molecule has 3 amide bonds. The van der Waals surface area contributed by atoms with Crippen LogP contribution < -0.4 is 21.3 Å². The van der Waals surface area contributed by atoms with Crippen molar-refractivity contribution in [2.24, 2.45) is 0 Å². The number of ketones is 1. The Morgan fingerprint density at radius 1 is 0.565 bits per heavy atom. The Labute approximate surface area is 444 Å². The van der Waals surface area contributed by atoms with E-state index in [-0.39, 0.29) is 95.9 Å². The van der Waals surface area contributed by atoms with E-state index in [1.807, 2.05) is 48.6 Å². The maximum atomic E-state index is 11.4. The van der Waals surface area contributed by atoms with Gasteiger partial charge in [0.2, 0.25) is 18.2 Å². The van der Waals surface area contributed by atoms with E-state index in [4.69, 9.17) is 34.9 Å². The number of carboxylic acids is 2. The van der Waals surface area contributed by atoms with Crippen LogP contribution in [-0.2, 0) is 85.2 Å². The molecule has 0 aliphatic heterocycles. The van der Waals surface area contributed by atoms with Crippen molar-refractivity contribution < 1.29 is 95.4 Å². The first-order valence-corrected chi connectivity index (χ1v) is 25.7. The van der Waals surface area contributed by atoms with E-state index >= 15 is 0 Å². The van der Waals surface area contributed by atoms with Crippen LogP contribution in [0.2, 0.25) is 0 Å². The van der Waals surface area contributed by atoms with E-state index in [0.29, 0.717) is 58.7 Å². The van der Waals surface area contributed by atoms with Crippen LogP contribution in [0.3, 0.4) is 0 Å². The van der Waals surface area contributed by atoms with Crippen LogP contribution in [-0.4, -0.2) is 144 Å². The Morgan fingerprint density at radius 3 is 1.48 bits per heavy atom. The molecule has 0 heterocycles. The Bertz CT molecular complexity index is 1100. The van der Waals surface area contributed by atoms with Crippen molar-refractivity contribution in [1.29, 1.82) is 0 Å². The number of amides is 3. The number of carbonyl (C=O) groups is 7. The molecule has 7 N–H and O–H groups in total. The molecule has 1 radical (unpaired) electrons. The predicted octanol–water partition coefficient (Wildman–Crippen LogP) is 8.26. The molecule has 19 heteroatoms. The van der Waals surface area contributed by atoms with Gasteiger partial charge in [0.15, 0.2) is 0 Å². The van der Waals surface area contributed by atoms with Crippen molar-refractivity contribution in [3.05, 3.63) is 5.73 Å². The second kappa shape index (κ2) is 74.5. The molecule has 2 unspecified atom stereocenters. The molecule has 0 aromatic heterocycles. The van der Waals surface area contributed by atoms with Gasteiger partial charge < -0.3 is 65.8 Å². The second-order valence-electron chi connectivity index (χ2n) is 14.8. The van der Waals surface area contributed by atoms with Crippen LogP contribution in [0.5, 0.6) is 0 Å².